The Morgan fingerprint density at radius 2 is 1.85 bits per heavy atom. The fourth-order valence-electron chi connectivity index (χ4n) is 4.14. The molecule has 2 saturated heterocycles. The van der Waals surface area contributed by atoms with Crippen molar-refractivity contribution in [3.05, 3.63) is 66.0 Å². The molecule has 0 aliphatic carbocycles. The van der Waals surface area contributed by atoms with Gasteiger partial charge in [0, 0.05) is 45.0 Å². The van der Waals surface area contributed by atoms with Crippen LogP contribution in [0.25, 0.3) is 0 Å². The number of rotatable bonds is 4. The average molecular weight is 364 g/mol. The van der Waals surface area contributed by atoms with E-state index >= 15 is 0 Å². The molecule has 27 heavy (non-hydrogen) atoms. The largest absolute Gasteiger partial charge is 0.334 e. The van der Waals surface area contributed by atoms with E-state index in [0.29, 0.717) is 32.6 Å². The van der Waals surface area contributed by atoms with E-state index in [4.69, 9.17) is 0 Å². The SMILES string of the molecule is O=C(NCc1ccccc1)N1CCC2(CCC(=O)N2Cc2ccncc2)C1. The minimum atomic E-state index is -0.232. The molecule has 1 atom stereocenters. The van der Waals surface area contributed by atoms with E-state index in [1.54, 1.807) is 12.4 Å². The number of hydrogen-bond donors (Lipinski definition) is 1. The maximum absolute atomic E-state index is 12.6. The van der Waals surface area contributed by atoms with Crippen LogP contribution in [0.15, 0.2) is 54.9 Å². The van der Waals surface area contributed by atoms with Crippen molar-refractivity contribution in [2.75, 3.05) is 13.1 Å². The van der Waals surface area contributed by atoms with Gasteiger partial charge in [0.1, 0.15) is 0 Å². The van der Waals surface area contributed by atoms with Gasteiger partial charge in [-0.1, -0.05) is 30.3 Å². The van der Waals surface area contributed by atoms with Gasteiger partial charge >= 0.3 is 6.03 Å². The first-order chi connectivity index (χ1) is 13.2. The maximum Gasteiger partial charge on any atom is 0.317 e. The van der Waals surface area contributed by atoms with E-state index < -0.39 is 0 Å². The number of urea groups is 1. The molecule has 2 aliphatic heterocycles. The molecule has 6 heteroatoms. The summed E-state index contributed by atoms with van der Waals surface area (Å²) in [6, 6.07) is 13.7. The highest BCUT2D eigenvalue weighted by Gasteiger charge is 2.50. The quantitative estimate of drug-likeness (QED) is 0.907. The summed E-state index contributed by atoms with van der Waals surface area (Å²) in [5.74, 6) is 0.179. The zero-order chi connectivity index (χ0) is 18.7. The van der Waals surface area contributed by atoms with Crippen LogP contribution in [0, 0.1) is 0 Å². The molecule has 1 aromatic carbocycles. The lowest BCUT2D eigenvalue weighted by molar-refractivity contribution is -0.131. The molecule has 1 unspecified atom stereocenters. The lowest BCUT2D eigenvalue weighted by atomic mass is 9.95. The van der Waals surface area contributed by atoms with Gasteiger partial charge in [-0.3, -0.25) is 9.78 Å². The molecule has 140 valence electrons. The summed E-state index contributed by atoms with van der Waals surface area (Å²) in [5, 5.41) is 3.00. The van der Waals surface area contributed by atoms with Crippen LogP contribution in [-0.2, 0) is 17.9 Å². The second kappa shape index (κ2) is 7.39. The van der Waals surface area contributed by atoms with E-state index in [0.717, 1.165) is 24.0 Å². The van der Waals surface area contributed by atoms with Crippen molar-refractivity contribution >= 4 is 11.9 Å². The van der Waals surface area contributed by atoms with Crippen molar-refractivity contribution in [3.8, 4) is 0 Å². The van der Waals surface area contributed by atoms with Crippen molar-refractivity contribution in [2.45, 2.75) is 37.9 Å². The van der Waals surface area contributed by atoms with Gasteiger partial charge in [0.2, 0.25) is 5.91 Å². The van der Waals surface area contributed by atoms with Crippen LogP contribution >= 0.6 is 0 Å². The molecule has 1 aromatic heterocycles. The fraction of sp³-hybridized carbons (Fsp3) is 0.381. The van der Waals surface area contributed by atoms with Gasteiger partial charge in [-0.05, 0) is 36.1 Å². The Morgan fingerprint density at radius 3 is 2.63 bits per heavy atom. The Labute approximate surface area is 159 Å². The second-order valence-electron chi connectivity index (χ2n) is 7.38. The van der Waals surface area contributed by atoms with Crippen LogP contribution in [0.1, 0.15) is 30.4 Å². The highest BCUT2D eigenvalue weighted by molar-refractivity contribution is 5.81. The van der Waals surface area contributed by atoms with Gasteiger partial charge in [-0.2, -0.15) is 0 Å². The molecule has 4 rings (SSSR count). The highest BCUT2D eigenvalue weighted by Crippen LogP contribution is 2.39. The first kappa shape index (κ1) is 17.5. The number of aromatic nitrogens is 1. The van der Waals surface area contributed by atoms with E-state index in [9.17, 15) is 9.59 Å². The summed E-state index contributed by atoms with van der Waals surface area (Å²) in [7, 11) is 0. The highest BCUT2D eigenvalue weighted by atomic mass is 16.2. The second-order valence-corrected chi connectivity index (χ2v) is 7.38. The molecule has 0 bridgehead atoms. The van der Waals surface area contributed by atoms with E-state index in [1.165, 1.54) is 0 Å². The van der Waals surface area contributed by atoms with Gasteiger partial charge < -0.3 is 15.1 Å². The summed E-state index contributed by atoms with van der Waals surface area (Å²) in [4.78, 5) is 33.0. The van der Waals surface area contributed by atoms with Crippen LogP contribution in [0.4, 0.5) is 4.79 Å². The number of amides is 3. The molecule has 1 N–H and O–H groups in total. The lowest BCUT2D eigenvalue weighted by Crippen LogP contribution is -2.49. The third-order valence-electron chi connectivity index (χ3n) is 5.67. The van der Waals surface area contributed by atoms with Gasteiger partial charge in [-0.15, -0.1) is 0 Å². The maximum atomic E-state index is 12.6. The Hall–Kier alpha value is -2.89. The number of carbonyl (C=O) groups excluding carboxylic acids is 2. The van der Waals surface area contributed by atoms with Gasteiger partial charge in [0.25, 0.3) is 0 Å². The van der Waals surface area contributed by atoms with Crippen molar-refractivity contribution in [1.82, 2.24) is 20.1 Å². The standard InChI is InChI=1S/C21H24N4O2/c26-19-6-9-21(25(19)15-18-7-11-22-12-8-18)10-13-24(16-21)20(27)23-14-17-4-2-1-3-5-17/h1-5,7-8,11-12H,6,9-10,13-16H2,(H,23,27). The fourth-order valence-corrected chi connectivity index (χ4v) is 4.14. The first-order valence-electron chi connectivity index (χ1n) is 9.42. The van der Waals surface area contributed by atoms with Crippen LogP contribution < -0.4 is 5.32 Å². The predicted molar refractivity (Wildman–Crippen MR) is 102 cm³/mol. The molecule has 2 fully saturated rings. The third-order valence-corrected chi connectivity index (χ3v) is 5.67. The number of nitrogens with one attached hydrogen (secondary N) is 1. The summed E-state index contributed by atoms with van der Waals surface area (Å²) < 4.78 is 0. The Morgan fingerprint density at radius 1 is 1.07 bits per heavy atom. The van der Waals surface area contributed by atoms with Crippen LogP contribution in [0.5, 0.6) is 0 Å². The molecular weight excluding hydrogens is 340 g/mol. The number of hydrogen-bond acceptors (Lipinski definition) is 3. The summed E-state index contributed by atoms with van der Waals surface area (Å²) in [6.45, 7) is 2.38. The van der Waals surface area contributed by atoms with Crippen LogP contribution in [0.3, 0.4) is 0 Å². The van der Waals surface area contributed by atoms with Gasteiger partial charge in [-0.25, -0.2) is 4.79 Å². The molecular formula is C21H24N4O2. The molecule has 3 heterocycles. The third kappa shape index (κ3) is 3.65. The molecule has 0 saturated carbocycles. The van der Waals surface area contributed by atoms with Crippen LogP contribution in [0.2, 0.25) is 0 Å². The number of benzene rings is 1. The molecule has 3 amide bonds. The molecule has 0 radical (unpaired) electrons. The smallest absolute Gasteiger partial charge is 0.317 e. The van der Waals surface area contributed by atoms with E-state index in [2.05, 4.69) is 10.3 Å². The van der Waals surface area contributed by atoms with Crippen molar-refractivity contribution in [2.24, 2.45) is 0 Å². The number of carbonyl (C=O) groups is 2. The monoisotopic (exact) mass is 364 g/mol. The van der Waals surface area contributed by atoms with Crippen molar-refractivity contribution < 1.29 is 9.59 Å². The topological polar surface area (TPSA) is 65.5 Å². The molecule has 6 nitrogen and oxygen atoms in total. The number of nitrogens with zero attached hydrogens (tertiary/aromatic N) is 3. The zero-order valence-corrected chi connectivity index (χ0v) is 15.3. The number of pyridine rings is 1. The normalized spacial score (nSPS) is 21.9. The average Bonchev–Trinajstić information content (AvgIpc) is 3.27. The Bertz CT molecular complexity index is 811. The predicted octanol–water partition coefficient (Wildman–Crippen LogP) is 2.56. The molecule has 2 aromatic rings. The molecule has 1 spiro atoms. The van der Waals surface area contributed by atoms with Crippen molar-refractivity contribution in [1.29, 1.82) is 0 Å². The summed E-state index contributed by atoms with van der Waals surface area (Å²) >= 11 is 0. The van der Waals surface area contributed by atoms with Gasteiger partial charge in [0.05, 0.1) is 5.54 Å². The van der Waals surface area contributed by atoms with E-state index in [1.807, 2.05) is 52.3 Å². The Balaban J connectivity index is 1.40. The lowest BCUT2D eigenvalue weighted by Gasteiger charge is -2.35. The summed E-state index contributed by atoms with van der Waals surface area (Å²) in [6.07, 6.45) is 5.72. The van der Waals surface area contributed by atoms with E-state index in [-0.39, 0.29) is 17.5 Å². The number of likely N-dealkylation sites (tertiary alicyclic amines) is 2. The van der Waals surface area contributed by atoms with Crippen LogP contribution in [-0.4, -0.2) is 45.4 Å². The minimum Gasteiger partial charge on any atom is -0.334 e. The minimum absolute atomic E-state index is 0.0565. The zero-order valence-electron chi connectivity index (χ0n) is 15.3. The van der Waals surface area contributed by atoms with Gasteiger partial charge in [0.15, 0.2) is 0 Å². The Kier molecular flexibility index (Phi) is 4.79. The van der Waals surface area contributed by atoms with Crippen molar-refractivity contribution in [3.63, 3.8) is 0 Å². The molecule has 2 aliphatic rings. The first-order valence-corrected chi connectivity index (χ1v) is 9.42. The summed E-state index contributed by atoms with van der Waals surface area (Å²) in [5.41, 5.74) is 1.92.